The Balaban J connectivity index is -0.0000000450. The molecule has 0 unspecified atom stereocenters. The summed E-state index contributed by atoms with van der Waals surface area (Å²) < 4.78 is 8.74. The van der Waals surface area contributed by atoms with Crippen LogP contribution in [0.25, 0.3) is 0 Å². The van der Waals surface area contributed by atoms with Gasteiger partial charge in [0, 0.05) is 58.9 Å². The molecule has 0 aromatic carbocycles. The van der Waals surface area contributed by atoms with Crippen LogP contribution in [0.4, 0.5) is 0 Å². The van der Waals surface area contributed by atoms with Crippen molar-refractivity contribution in [1.29, 1.82) is 0 Å². The van der Waals surface area contributed by atoms with Crippen molar-refractivity contribution in [2.45, 2.75) is 0 Å². The van der Waals surface area contributed by atoms with E-state index in [0.717, 1.165) is 0 Å². The van der Waals surface area contributed by atoms with E-state index in [2.05, 4.69) is 0 Å². The van der Waals surface area contributed by atoms with E-state index in [0.29, 0.717) is 0 Å². The van der Waals surface area contributed by atoms with Crippen molar-refractivity contribution in [2.24, 2.45) is 0 Å². The summed E-state index contributed by atoms with van der Waals surface area (Å²) in [6.45, 7) is 0. The van der Waals surface area contributed by atoms with Gasteiger partial charge in [0.25, 0.3) is 0 Å². The fourth-order valence-corrected chi connectivity index (χ4v) is 0. The molecule has 0 aromatic rings. The normalized spacial score (nSPS) is 4.00. The van der Waals surface area contributed by atoms with Crippen molar-refractivity contribution < 1.29 is 73.0 Å². The molecule has 0 aliphatic heterocycles. The summed E-state index contributed by atoms with van der Waals surface area (Å²) in [7, 11) is -3.13. The van der Waals surface area contributed by atoms with Crippen LogP contribution in [-0.2, 0) is 63.4 Å². The SMILES string of the molecule is O=[Si](O)O.[Y].[Zr]. The number of rotatable bonds is 0. The van der Waals surface area contributed by atoms with Crippen LogP contribution in [0.2, 0.25) is 0 Å². The maximum absolute atomic E-state index is 8.74. The van der Waals surface area contributed by atoms with Crippen molar-refractivity contribution in [3.05, 3.63) is 0 Å². The summed E-state index contributed by atoms with van der Waals surface area (Å²) in [5, 5.41) is 0. The molecule has 0 heterocycles. The van der Waals surface area contributed by atoms with Crippen LogP contribution in [0.1, 0.15) is 0 Å². The smallest absolute Gasteiger partial charge is 0.511 e. The zero-order valence-corrected chi connectivity index (χ0v) is 9.18. The summed E-state index contributed by atoms with van der Waals surface area (Å²) in [4.78, 5) is 14.3. The first-order valence-corrected chi connectivity index (χ1v) is 1.95. The molecule has 0 saturated carbocycles. The predicted molar refractivity (Wildman–Crippen MR) is 10.9 cm³/mol. The van der Waals surface area contributed by atoms with Crippen molar-refractivity contribution in [2.75, 3.05) is 0 Å². The minimum Gasteiger partial charge on any atom is -0.511 e. The Kier molecular flexibility index (Phi) is 25.5. The van der Waals surface area contributed by atoms with Crippen molar-refractivity contribution >= 4 is 9.17 Å². The Hall–Kier alpha value is 1.60. The molecule has 3 nitrogen and oxygen atoms in total. The largest absolute Gasteiger partial charge is 0.761 e. The molecule has 1 radical (unpaired) electrons. The average Bonchev–Trinajstić information content (AvgIpc) is 0.811. The Morgan fingerprint density at radius 1 is 1.33 bits per heavy atom. The Bertz CT molecular complexity index is 33.8. The van der Waals surface area contributed by atoms with Gasteiger partial charge in [0.05, 0.1) is 0 Å². The van der Waals surface area contributed by atoms with E-state index < -0.39 is 9.17 Å². The molecule has 0 saturated heterocycles. The van der Waals surface area contributed by atoms with E-state index in [4.69, 9.17) is 14.1 Å². The van der Waals surface area contributed by atoms with Gasteiger partial charge in [-0.05, 0) is 0 Å². The Morgan fingerprint density at radius 3 is 1.33 bits per heavy atom. The molecule has 0 spiro atoms. The number of hydrogen-bond donors (Lipinski definition) is 2. The first-order valence-electron chi connectivity index (χ1n) is 0.651. The van der Waals surface area contributed by atoms with E-state index >= 15 is 0 Å². The molecule has 0 rings (SSSR count). The molecule has 0 aliphatic rings. The van der Waals surface area contributed by atoms with Crippen molar-refractivity contribution in [3.8, 4) is 0 Å². The monoisotopic (exact) mass is 257 g/mol. The summed E-state index contributed by atoms with van der Waals surface area (Å²) in [6.07, 6.45) is 0. The zero-order chi connectivity index (χ0) is 3.58. The van der Waals surface area contributed by atoms with E-state index in [1.807, 2.05) is 0 Å². The van der Waals surface area contributed by atoms with Gasteiger partial charge in [-0.25, -0.2) is 0 Å². The van der Waals surface area contributed by atoms with Gasteiger partial charge in [0.1, 0.15) is 0 Å². The topological polar surface area (TPSA) is 57.5 Å². The van der Waals surface area contributed by atoms with Gasteiger partial charge in [-0.3, -0.25) is 4.46 Å². The van der Waals surface area contributed by atoms with Crippen LogP contribution < -0.4 is 0 Å². The first kappa shape index (κ1) is 15.6. The van der Waals surface area contributed by atoms with Gasteiger partial charge in [-0.15, -0.1) is 0 Å². The zero-order valence-electron chi connectivity index (χ0n) is 2.88. The third-order valence-electron chi connectivity index (χ3n) is 0. The van der Waals surface area contributed by atoms with Crippen LogP contribution >= 0.6 is 0 Å². The van der Waals surface area contributed by atoms with Gasteiger partial charge >= 0.3 is 9.17 Å². The predicted octanol–water partition coefficient (Wildman–Crippen LogP) is -1.62. The Labute approximate surface area is 81.0 Å². The van der Waals surface area contributed by atoms with Gasteiger partial charge in [-0.1, -0.05) is 0 Å². The first-order chi connectivity index (χ1) is 1.73. The molecule has 0 aromatic heterocycles. The van der Waals surface area contributed by atoms with E-state index in [-0.39, 0.29) is 58.9 Å². The minimum absolute atomic E-state index is 0. The fraction of sp³-hybridized carbons (Fsp3) is 0. The standard InChI is InChI=1S/H2O3Si.Y.Zr/c1-4(2)3;;/h1-2H;;. The minimum atomic E-state index is -3.13. The second-order valence-electron chi connectivity index (χ2n) is 0.283. The van der Waals surface area contributed by atoms with Crippen LogP contribution in [0, 0.1) is 0 Å². The fourth-order valence-electron chi connectivity index (χ4n) is 0. The number of hydrogen-bond acceptors (Lipinski definition) is 1. The van der Waals surface area contributed by atoms with Gasteiger partial charge in [0.15, 0.2) is 0 Å². The maximum atomic E-state index is 8.74. The van der Waals surface area contributed by atoms with Crippen LogP contribution in [0.5, 0.6) is 0 Å². The van der Waals surface area contributed by atoms with Crippen LogP contribution in [-0.4, -0.2) is 18.8 Å². The summed E-state index contributed by atoms with van der Waals surface area (Å²) >= 11 is 0. The molecule has 0 atom stereocenters. The van der Waals surface area contributed by atoms with Gasteiger partial charge in [0.2, 0.25) is 0 Å². The van der Waals surface area contributed by atoms with E-state index in [9.17, 15) is 0 Å². The molecule has 0 amide bonds. The second kappa shape index (κ2) is 9.78. The van der Waals surface area contributed by atoms with E-state index in [1.165, 1.54) is 0 Å². The van der Waals surface area contributed by atoms with Gasteiger partial charge < -0.3 is 9.59 Å². The molecule has 6 heavy (non-hydrogen) atoms. The molecule has 0 aliphatic carbocycles. The van der Waals surface area contributed by atoms with Crippen LogP contribution in [0.15, 0.2) is 0 Å². The molecule has 0 fully saturated rings. The summed E-state index contributed by atoms with van der Waals surface area (Å²) in [5.41, 5.74) is 0. The quantitative estimate of drug-likeness (QED) is 0.514. The molecular weight excluding hydrogens is 256 g/mol. The Morgan fingerprint density at radius 2 is 1.33 bits per heavy atom. The van der Waals surface area contributed by atoms with Crippen LogP contribution in [0.3, 0.4) is 0 Å². The summed E-state index contributed by atoms with van der Waals surface area (Å²) in [5.74, 6) is 0. The molecule has 0 bridgehead atoms. The third-order valence-corrected chi connectivity index (χ3v) is 0. The van der Waals surface area contributed by atoms with E-state index in [1.54, 1.807) is 0 Å². The maximum Gasteiger partial charge on any atom is 0.761 e. The molecule has 6 heteroatoms. The van der Waals surface area contributed by atoms with Crippen molar-refractivity contribution in [3.63, 3.8) is 0 Å². The third kappa shape index (κ3) is 46.2. The summed E-state index contributed by atoms with van der Waals surface area (Å²) in [6, 6.07) is 0. The molecule has 31 valence electrons. The molecular formula is H2O3SiYZr. The second-order valence-corrected chi connectivity index (χ2v) is 0.848. The van der Waals surface area contributed by atoms with Gasteiger partial charge in [-0.2, -0.15) is 0 Å². The van der Waals surface area contributed by atoms with Crippen molar-refractivity contribution in [1.82, 2.24) is 0 Å². The molecule has 2 N–H and O–H groups in total. The average molecular weight is 258 g/mol.